The second kappa shape index (κ2) is 5.43. The molecule has 1 aromatic rings. The zero-order valence-corrected chi connectivity index (χ0v) is 11.3. The van der Waals surface area contributed by atoms with Crippen LogP contribution in [0.1, 0.15) is 35.7 Å². The third-order valence-corrected chi connectivity index (χ3v) is 3.86. The van der Waals surface area contributed by atoms with Gasteiger partial charge in [-0.1, -0.05) is 18.2 Å². The standard InChI is InChI=1S/C15H19NO3/c1-10-5-3-4-6-13(10)14(17)16-8-7-12(15(18)19)9-11(16)2/h3-6,11-12H,7-9H2,1-2H3,(H,18,19). The number of nitrogens with zero attached hydrogens (tertiary/aromatic N) is 1. The maximum Gasteiger partial charge on any atom is 0.306 e. The number of piperidine rings is 1. The first-order chi connectivity index (χ1) is 9.00. The zero-order chi connectivity index (χ0) is 14.0. The first-order valence-electron chi connectivity index (χ1n) is 6.60. The Kier molecular flexibility index (Phi) is 3.88. The fraction of sp³-hybridized carbons (Fsp3) is 0.467. The normalized spacial score (nSPS) is 23.2. The van der Waals surface area contributed by atoms with Crippen LogP contribution in [0.25, 0.3) is 0 Å². The van der Waals surface area contributed by atoms with Gasteiger partial charge < -0.3 is 10.0 Å². The van der Waals surface area contributed by atoms with Crippen LogP contribution in [-0.2, 0) is 4.79 Å². The summed E-state index contributed by atoms with van der Waals surface area (Å²) in [5.74, 6) is -1.07. The van der Waals surface area contributed by atoms with Gasteiger partial charge >= 0.3 is 5.97 Å². The molecule has 19 heavy (non-hydrogen) atoms. The minimum atomic E-state index is -0.755. The van der Waals surface area contributed by atoms with Gasteiger partial charge in [0, 0.05) is 18.2 Å². The van der Waals surface area contributed by atoms with E-state index >= 15 is 0 Å². The second-order valence-corrected chi connectivity index (χ2v) is 5.22. The van der Waals surface area contributed by atoms with Crippen LogP contribution in [0.4, 0.5) is 0 Å². The highest BCUT2D eigenvalue weighted by atomic mass is 16.4. The summed E-state index contributed by atoms with van der Waals surface area (Å²) in [5, 5.41) is 9.04. The number of benzene rings is 1. The fourth-order valence-electron chi connectivity index (χ4n) is 2.67. The van der Waals surface area contributed by atoms with Gasteiger partial charge in [-0.05, 0) is 38.3 Å². The highest BCUT2D eigenvalue weighted by Crippen LogP contribution is 2.25. The summed E-state index contributed by atoms with van der Waals surface area (Å²) >= 11 is 0. The highest BCUT2D eigenvalue weighted by molar-refractivity contribution is 5.96. The number of rotatable bonds is 2. The molecule has 0 aliphatic carbocycles. The van der Waals surface area contributed by atoms with Crippen LogP contribution in [0.2, 0.25) is 0 Å². The molecule has 0 saturated carbocycles. The molecule has 102 valence electrons. The van der Waals surface area contributed by atoms with Crippen molar-refractivity contribution in [3.8, 4) is 0 Å². The largest absolute Gasteiger partial charge is 0.481 e. The van der Waals surface area contributed by atoms with Gasteiger partial charge in [-0.3, -0.25) is 9.59 Å². The van der Waals surface area contributed by atoms with Crippen molar-refractivity contribution in [2.45, 2.75) is 32.7 Å². The van der Waals surface area contributed by atoms with Crippen molar-refractivity contribution in [2.75, 3.05) is 6.54 Å². The monoisotopic (exact) mass is 261 g/mol. The lowest BCUT2D eigenvalue weighted by atomic mass is 9.91. The maximum atomic E-state index is 12.5. The molecule has 2 atom stereocenters. The smallest absolute Gasteiger partial charge is 0.306 e. The molecular formula is C15H19NO3. The first kappa shape index (κ1) is 13.6. The molecule has 0 radical (unpaired) electrons. The van der Waals surface area contributed by atoms with Crippen molar-refractivity contribution < 1.29 is 14.7 Å². The van der Waals surface area contributed by atoms with E-state index in [1.807, 2.05) is 38.1 Å². The maximum absolute atomic E-state index is 12.5. The Morgan fingerprint density at radius 1 is 1.32 bits per heavy atom. The quantitative estimate of drug-likeness (QED) is 0.888. The van der Waals surface area contributed by atoms with Gasteiger partial charge in [-0.15, -0.1) is 0 Å². The predicted molar refractivity (Wildman–Crippen MR) is 72.0 cm³/mol. The van der Waals surface area contributed by atoms with E-state index in [-0.39, 0.29) is 17.9 Å². The number of aryl methyl sites for hydroxylation is 1. The number of likely N-dealkylation sites (tertiary alicyclic amines) is 1. The van der Waals surface area contributed by atoms with Crippen LogP contribution in [0.15, 0.2) is 24.3 Å². The number of carboxylic acid groups (broad SMARTS) is 1. The average Bonchev–Trinajstić information content (AvgIpc) is 2.38. The van der Waals surface area contributed by atoms with E-state index in [0.29, 0.717) is 24.9 Å². The summed E-state index contributed by atoms with van der Waals surface area (Å²) in [5.41, 5.74) is 1.67. The summed E-state index contributed by atoms with van der Waals surface area (Å²) < 4.78 is 0. The SMILES string of the molecule is Cc1ccccc1C(=O)N1CCC(C(=O)O)CC1C. The molecular weight excluding hydrogens is 242 g/mol. The van der Waals surface area contributed by atoms with E-state index in [1.165, 1.54) is 0 Å². The third kappa shape index (κ3) is 2.78. The summed E-state index contributed by atoms with van der Waals surface area (Å²) in [7, 11) is 0. The van der Waals surface area contributed by atoms with Gasteiger partial charge in [0.05, 0.1) is 5.92 Å². The van der Waals surface area contributed by atoms with Gasteiger partial charge in [0.15, 0.2) is 0 Å². The Labute approximate surface area is 113 Å². The molecule has 4 heteroatoms. The molecule has 4 nitrogen and oxygen atoms in total. The molecule has 1 aromatic carbocycles. The Morgan fingerprint density at radius 3 is 2.58 bits per heavy atom. The third-order valence-electron chi connectivity index (χ3n) is 3.86. The molecule has 0 bridgehead atoms. The average molecular weight is 261 g/mol. The van der Waals surface area contributed by atoms with Gasteiger partial charge in [-0.25, -0.2) is 0 Å². The van der Waals surface area contributed by atoms with Crippen molar-refractivity contribution in [1.82, 2.24) is 4.90 Å². The van der Waals surface area contributed by atoms with Crippen LogP contribution < -0.4 is 0 Å². The van der Waals surface area contributed by atoms with Crippen LogP contribution in [0, 0.1) is 12.8 Å². The van der Waals surface area contributed by atoms with Crippen molar-refractivity contribution in [3.63, 3.8) is 0 Å². The molecule has 1 N–H and O–H groups in total. The Hall–Kier alpha value is -1.84. The van der Waals surface area contributed by atoms with Gasteiger partial charge in [0.25, 0.3) is 5.91 Å². The lowest BCUT2D eigenvalue weighted by Gasteiger charge is -2.36. The Morgan fingerprint density at radius 2 is 2.00 bits per heavy atom. The first-order valence-corrected chi connectivity index (χ1v) is 6.60. The minimum absolute atomic E-state index is 0.00874. The minimum Gasteiger partial charge on any atom is -0.481 e. The Balaban J connectivity index is 2.13. The summed E-state index contributed by atoms with van der Waals surface area (Å²) in [4.78, 5) is 25.3. The van der Waals surface area contributed by atoms with E-state index in [0.717, 1.165) is 5.56 Å². The molecule has 1 aliphatic rings. The molecule has 2 rings (SSSR count). The van der Waals surface area contributed by atoms with E-state index in [1.54, 1.807) is 4.90 Å². The molecule has 0 aromatic heterocycles. The lowest BCUT2D eigenvalue weighted by Crippen LogP contribution is -2.46. The van der Waals surface area contributed by atoms with E-state index in [4.69, 9.17) is 5.11 Å². The fourth-order valence-corrected chi connectivity index (χ4v) is 2.67. The number of amides is 1. The number of carbonyl (C=O) groups is 2. The number of aliphatic carboxylic acids is 1. The van der Waals surface area contributed by atoms with Crippen molar-refractivity contribution >= 4 is 11.9 Å². The molecule has 2 unspecified atom stereocenters. The molecule has 1 aliphatic heterocycles. The van der Waals surface area contributed by atoms with Gasteiger partial charge in [0.2, 0.25) is 0 Å². The van der Waals surface area contributed by atoms with Crippen LogP contribution in [0.5, 0.6) is 0 Å². The number of hydrogen-bond donors (Lipinski definition) is 1. The van der Waals surface area contributed by atoms with Gasteiger partial charge in [0.1, 0.15) is 0 Å². The van der Waals surface area contributed by atoms with E-state index in [2.05, 4.69) is 0 Å². The van der Waals surface area contributed by atoms with Crippen molar-refractivity contribution in [3.05, 3.63) is 35.4 Å². The van der Waals surface area contributed by atoms with Crippen LogP contribution >= 0.6 is 0 Å². The molecule has 1 amide bonds. The van der Waals surface area contributed by atoms with Crippen LogP contribution in [0.3, 0.4) is 0 Å². The van der Waals surface area contributed by atoms with E-state index < -0.39 is 5.97 Å². The van der Waals surface area contributed by atoms with Gasteiger partial charge in [-0.2, -0.15) is 0 Å². The summed E-state index contributed by atoms with van der Waals surface area (Å²) in [6.07, 6.45) is 1.07. The molecule has 1 heterocycles. The second-order valence-electron chi connectivity index (χ2n) is 5.22. The van der Waals surface area contributed by atoms with E-state index in [9.17, 15) is 9.59 Å². The topological polar surface area (TPSA) is 57.6 Å². The van der Waals surface area contributed by atoms with Crippen molar-refractivity contribution in [2.24, 2.45) is 5.92 Å². The summed E-state index contributed by atoms with van der Waals surface area (Å²) in [6, 6.07) is 7.48. The molecule has 1 saturated heterocycles. The molecule has 0 spiro atoms. The predicted octanol–water partition coefficient (Wildman–Crippen LogP) is 2.32. The number of carbonyl (C=O) groups excluding carboxylic acids is 1. The number of hydrogen-bond acceptors (Lipinski definition) is 2. The zero-order valence-electron chi connectivity index (χ0n) is 11.3. The van der Waals surface area contributed by atoms with Crippen molar-refractivity contribution in [1.29, 1.82) is 0 Å². The lowest BCUT2D eigenvalue weighted by molar-refractivity contribution is -0.143. The molecule has 1 fully saturated rings. The van der Waals surface area contributed by atoms with Crippen LogP contribution in [-0.4, -0.2) is 34.5 Å². The summed E-state index contributed by atoms with van der Waals surface area (Å²) in [6.45, 7) is 4.36. The Bertz CT molecular complexity index is 498. The highest BCUT2D eigenvalue weighted by Gasteiger charge is 2.32. The number of carboxylic acids is 1.